The van der Waals surface area contributed by atoms with Gasteiger partial charge < -0.3 is 10.1 Å². The van der Waals surface area contributed by atoms with Crippen molar-refractivity contribution >= 4 is 29.9 Å². The third kappa shape index (κ3) is 5.99. The van der Waals surface area contributed by atoms with Gasteiger partial charge in [0.1, 0.15) is 6.73 Å². The second-order valence-corrected chi connectivity index (χ2v) is 15.3. The maximum atomic E-state index is 12.6. The van der Waals surface area contributed by atoms with Crippen LogP contribution in [-0.4, -0.2) is 41.4 Å². The number of nitrogens with one attached hydrogen (secondary N) is 1. The summed E-state index contributed by atoms with van der Waals surface area (Å²) in [5.74, 6) is 1.19. The molecule has 1 fully saturated rings. The summed E-state index contributed by atoms with van der Waals surface area (Å²) in [6.45, 7) is 9.98. The Morgan fingerprint density at radius 3 is 2.79 bits per heavy atom. The van der Waals surface area contributed by atoms with Crippen molar-refractivity contribution in [2.45, 2.75) is 58.2 Å². The summed E-state index contributed by atoms with van der Waals surface area (Å²) >= 11 is 3.50. The second-order valence-electron chi connectivity index (χ2n) is 8.72. The molecule has 1 unspecified atom stereocenters. The molecule has 0 saturated heterocycles. The van der Waals surface area contributed by atoms with Gasteiger partial charge in [0, 0.05) is 30.8 Å². The molecule has 1 aromatic carbocycles. The van der Waals surface area contributed by atoms with E-state index in [9.17, 15) is 4.79 Å². The van der Waals surface area contributed by atoms with Crippen LogP contribution in [0.3, 0.4) is 0 Å². The zero-order valence-electron chi connectivity index (χ0n) is 17.0. The van der Waals surface area contributed by atoms with Crippen molar-refractivity contribution in [3.63, 3.8) is 0 Å². The summed E-state index contributed by atoms with van der Waals surface area (Å²) in [7, 11) is -1.16. The first kappa shape index (κ1) is 21.2. The van der Waals surface area contributed by atoms with Crippen molar-refractivity contribution < 1.29 is 9.53 Å². The van der Waals surface area contributed by atoms with Crippen LogP contribution in [0.5, 0.6) is 0 Å². The number of carbonyl (C=O) groups is 1. The molecule has 1 heterocycles. The van der Waals surface area contributed by atoms with Crippen molar-refractivity contribution in [3.8, 4) is 11.4 Å². The van der Waals surface area contributed by atoms with E-state index in [0.29, 0.717) is 18.3 Å². The van der Waals surface area contributed by atoms with Crippen LogP contribution in [0.2, 0.25) is 25.7 Å². The molecule has 0 spiro atoms. The van der Waals surface area contributed by atoms with Gasteiger partial charge in [-0.05, 0) is 43.9 Å². The predicted molar refractivity (Wildman–Crippen MR) is 117 cm³/mol. The van der Waals surface area contributed by atoms with E-state index >= 15 is 0 Å². The van der Waals surface area contributed by atoms with Gasteiger partial charge in [-0.15, -0.1) is 5.10 Å². The lowest BCUT2D eigenvalue weighted by atomic mass is 10.2. The molecule has 0 radical (unpaired) electrons. The van der Waals surface area contributed by atoms with Crippen molar-refractivity contribution in [1.29, 1.82) is 0 Å². The Morgan fingerprint density at radius 1 is 1.39 bits per heavy atom. The quantitative estimate of drug-likeness (QED) is 0.436. The number of halogens is 1. The first-order chi connectivity index (χ1) is 13.2. The number of benzene rings is 1. The highest BCUT2D eigenvalue weighted by Gasteiger charge is 2.30. The van der Waals surface area contributed by atoms with E-state index in [0.717, 1.165) is 16.1 Å². The number of ether oxygens (including phenoxy) is 1. The van der Waals surface area contributed by atoms with Crippen LogP contribution in [0, 0.1) is 5.92 Å². The number of hydrogen-bond acceptors (Lipinski definition) is 4. The number of nitrogens with zero attached hydrogens (tertiary/aromatic N) is 3. The molecule has 0 aliphatic heterocycles. The highest BCUT2D eigenvalue weighted by Crippen LogP contribution is 2.32. The van der Waals surface area contributed by atoms with Gasteiger partial charge in [-0.3, -0.25) is 4.79 Å². The SMILES string of the molecule is CC(NC(=O)c1nc(-c2cccc(Br)c2)n(COCC[Si](C)(C)C)n1)C1CC1. The monoisotopic (exact) mass is 464 g/mol. The third-order valence-electron chi connectivity index (χ3n) is 4.86. The summed E-state index contributed by atoms with van der Waals surface area (Å²) in [5, 5.41) is 7.47. The number of rotatable bonds is 9. The Kier molecular flexibility index (Phi) is 6.72. The van der Waals surface area contributed by atoms with Gasteiger partial charge in [-0.1, -0.05) is 47.7 Å². The first-order valence-corrected chi connectivity index (χ1v) is 14.3. The van der Waals surface area contributed by atoms with Crippen LogP contribution < -0.4 is 5.32 Å². The molecule has 3 rings (SSSR count). The summed E-state index contributed by atoms with van der Waals surface area (Å²) in [4.78, 5) is 17.1. The van der Waals surface area contributed by atoms with E-state index in [1.165, 1.54) is 12.8 Å². The van der Waals surface area contributed by atoms with E-state index in [2.05, 4.69) is 51.0 Å². The lowest BCUT2D eigenvalue weighted by molar-refractivity contribution is 0.0785. The molecule has 1 atom stereocenters. The fraction of sp³-hybridized carbons (Fsp3) is 0.550. The predicted octanol–water partition coefficient (Wildman–Crippen LogP) is 4.55. The molecule has 152 valence electrons. The molecule has 1 aliphatic rings. The molecule has 6 nitrogen and oxygen atoms in total. The molecule has 1 aliphatic carbocycles. The maximum absolute atomic E-state index is 12.6. The third-order valence-corrected chi connectivity index (χ3v) is 7.05. The van der Waals surface area contributed by atoms with E-state index < -0.39 is 8.07 Å². The smallest absolute Gasteiger partial charge is 0.291 e. The topological polar surface area (TPSA) is 69.0 Å². The van der Waals surface area contributed by atoms with Crippen LogP contribution in [0.1, 0.15) is 30.4 Å². The van der Waals surface area contributed by atoms with Crippen LogP contribution in [0.4, 0.5) is 0 Å². The molecule has 2 aromatic rings. The number of amides is 1. The molecule has 1 aromatic heterocycles. The van der Waals surface area contributed by atoms with Gasteiger partial charge in [-0.25, -0.2) is 9.67 Å². The van der Waals surface area contributed by atoms with Crippen molar-refractivity contribution in [1.82, 2.24) is 20.1 Å². The minimum Gasteiger partial charge on any atom is -0.359 e. The standard InChI is InChI=1S/C20H29BrN4O2Si/c1-14(15-8-9-15)22-20(26)18-23-19(16-6-5-7-17(21)12-16)25(24-18)13-27-10-11-28(2,3)4/h5-7,12,14-15H,8-11,13H2,1-4H3,(H,22,26). The van der Waals surface area contributed by atoms with E-state index in [4.69, 9.17) is 4.74 Å². The Labute approximate surface area is 176 Å². The summed E-state index contributed by atoms with van der Waals surface area (Å²) in [5.41, 5.74) is 0.893. The average molecular weight is 465 g/mol. The normalized spacial score (nSPS) is 15.5. The van der Waals surface area contributed by atoms with E-state index in [-0.39, 0.29) is 24.5 Å². The molecule has 1 saturated carbocycles. The van der Waals surface area contributed by atoms with Gasteiger partial charge in [0.25, 0.3) is 5.91 Å². The second kappa shape index (κ2) is 8.88. The van der Waals surface area contributed by atoms with E-state index in [1.54, 1.807) is 4.68 Å². The molecular formula is C20H29BrN4O2Si. The highest BCUT2D eigenvalue weighted by molar-refractivity contribution is 9.10. The van der Waals surface area contributed by atoms with Crippen molar-refractivity contribution in [2.75, 3.05) is 6.61 Å². The van der Waals surface area contributed by atoms with Crippen LogP contribution >= 0.6 is 15.9 Å². The van der Waals surface area contributed by atoms with Crippen molar-refractivity contribution in [2.24, 2.45) is 5.92 Å². The minimum absolute atomic E-state index is 0.154. The zero-order valence-corrected chi connectivity index (χ0v) is 19.6. The first-order valence-electron chi connectivity index (χ1n) is 9.82. The maximum Gasteiger partial charge on any atom is 0.291 e. The average Bonchev–Trinajstić information content (AvgIpc) is 3.38. The lowest BCUT2D eigenvalue weighted by Crippen LogP contribution is -2.34. The lowest BCUT2D eigenvalue weighted by Gasteiger charge is -2.15. The van der Waals surface area contributed by atoms with Gasteiger partial charge in [-0.2, -0.15) is 0 Å². The Balaban J connectivity index is 1.77. The molecule has 28 heavy (non-hydrogen) atoms. The van der Waals surface area contributed by atoms with Crippen LogP contribution in [0.25, 0.3) is 11.4 Å². The number of carbonyl (C=O) groups excluding carboxylic acids is 1. The number of hydrogen-bond donors (Lipinski definition) is 1. The van der Waals surface area contributed by atoms with E-state index in [1.807, 2.05) is 31.2 Å². The summed E-state index contributed by atoms with van der Waals surface area (Å²) in [6, 6.07) is 9.07. The highest BCUT2D eigenvalue weighted by atomic mass is 79.9. The fourth-order valence-electron chi connectivity index (χ4n) is 2.88. The summed E-state index contributed by atoms with van der Waals surface area (Å²) < 4.78 is 8.50. The fourth-order valence-corrected chi connectivity index (χ4v) is 4.04. The molecule has 8 heteroatoms. The number of aromatic nitrogens is 3. The molecule has 1 N–H and O–H groups in total. The van der Waals surface area contributed by atoms with Gasteiger partial charge in [0.2, 0.25) is 5.82 Å². The molecular weight excluding hydrogens is 436 g/mol. The van der Waals surface area contributed by atoms with Crippen molar-refractivity contribution in [3.05, 3.63) is 34.6 Å². The molecule has 1 amide bonds. The minimum atomic E-state index is -1.16. The van der Waals surface area contributed by atoms with Gasteiger partial charge in [0.05, 0.1) is 0 Å². The van der Waals surface area contributed by atoms with Crippen LogP contribution in [-0.2, 0) is 11.5 Å². The van der Waals surface area contributed by atoms with Gasteiger partial charge >= 0.3 is 0 Å². The largest absolute Gasteiger partial charge is 0.359 e. The Bertz CT molecular complexity index is 830. The molecule has 0 bridgehead atoms. The van der Waals surface area contributed by atoms with Crippen LogP contribution in [0.15, 0.2) is 28.7 Å². The Morgan fingerprint density at radius 2 is 2.14 bits per heavy atom. The zero-order chi connectivity index (χ0) is 20.3. The summed E-state index contributed by atoms with van der Waals surface area (Å²) in [6.07, 6.45) is 2.36. The van der Waals surface area contributed by atoms with Gasteiger partial charge in [0.15, 0.2) is 5.82 Å². The Hall–Kier alpha value is -1.51.